The second kappa shape index (κ2) is 8.96. The fourth-order valence-corrected chi connectivity index (χ4v) is 2.18. The Morgan fingerprint density at radius 3 is 2.56 bits per heavy atom. The van der Waals surface area contributed by atoms with E-state index in [1.54, 1.807) is 18.2 Å². The highest BCUT2D eigenvalue weighted by atomic mass is 16.7. The van der Waals surface area contributed by atoms with Crippen molar-refractivity contribution < 1.29 is 24.1 Å². The number of ether oxygens (including phenoxy) is 3. The number of H-pyrrole nitrogens is 1. The molecule has 0 saturated carbocycles. The van der Waals surface area contributed by atoms with Crippen LogP contribution in [0.15, 0.2) is 23.0 Å². The fraction of sp³-hybridized carbons (Fsp3) is 0.444. The molecule has 136 valence electrons. The van der Waals surface area contributed by atoms with Crippen molar-refractivity contribution in [3.63, 3.8) is 0 Å². The molecule has 0 fully saturated rings. The molecule has 0 aliphatic heterocycles. The molecule has 7 heteroatoms. The van der Waals surface area contributed by atoms with Crippen molar-refractivity contribution in [3.8, 4) is 17.4 Å². The molecule has 7 nitrogen and oxygen atoms in total. The Morgan fingerprint density at radius 1 is 1.12 bits per heavy atom. The van der Waals surface area contributed by atoms with Crippen molar-refractivity contribution in [2.45, 2.75) is 39.5 Å². The maximum Gasteiger partial charge on any atom is 0.515 e. The summed E-state index contributed by atoms with van der Waals surface area (Å²) in [7, 11) is 0. The number of aromatic nitrogens is 1. The number of benzene rings is 1. The normalized spacial score (nSPS) is 10.6. The van der Waals surface area contributed by atoms with Crippen LogP contribution in [0.2, 0.25) is 0 Å². The smallest absolute Gasteiger partial charge is 0.503 e. The minimum Gasteiger partial charge on any atom is -0.503 e. The van der Waals surface area contributed by atoms with Crippen LogP contribution in [-0.2, 0) is 4.74 Å². The van der Waals surface area contributed by atoms with Crippen LogP contribution in [-0.4, -0.2) is 29.5 Å². The Hall–Kier alpha value is -2.70. The average molecular weight is 349 g/mol. The van der Waals surface area contributed by atoms with Crippen molar-refractivity contribution in [2.75, 3.05) is 13.2 Å². The molecule has 0 atom stereocenters. The number of fused-ring (bicyclic) bond motifs is 1. The number of aromatic hydroxyl groups is 1. The second-order valence-electron chi connectivity index (χ2n) is 5.60. The molecule has 1 heterocycles. The van der Waals surface area contributed by atoms with E-state index in [0.29, 0.717) is 18.8 Å². The molecule has 2 rings (SSSR count). The van der Waals surface area contributed by atoms with Gasteiger partial charge in [-0.3, -0.25) is 9.78 Å². The lowest BCUT2D eigenvalue weighted by molar-refractivity contribution is 0.0951. The Kier molecular flexibility index (Phi) is 6.68. The van der Waals surface area contributed by atoms with Crippen molar-refractivity contribution in [3.05, 3.63) is 28.6 Å². The molecule has 0 amide bonds. The van der Waals surface area contributed by atoms with Crippen LogP contribution in [0.4, 0.5) is 4.79 Å². The monoisotopic (exact) mass is 349 g/mol. The van der Waals surface area contributed by atoms with Gasteiger partial charge in [0.25, 0.3) is 5.56 Å². The highest BCUT2D eigenvalue weighted by molar-refractivity contribution is 5.90. The zero-order valence-electron chi connectivity index (χ0n) is 14.5. The zero-order chi connectivity index (χ0) is 18.2. The minimum absolute atomic E-state index is 0.215. The van der Waals surface area contributed by atoms with E-state index < -0.39 is 11.7 Å². The summed E-state index contributed by atoms with van der Waals surface area (Å²) < 4.78 is 15.3. The maximum absolute atomic E-state index is 12.2. The summed E-state index contributed by atoms with van der Waals surface area (Å²) in [5.41, 5.74) is -0.495. The molecule has 1 aromatic heterocycles. The average Bonchev–Trinajstić information content (AvgIpc) is 2.60. The summed E-state index contributed by atoms with van der Waals surface area (Å²) in [6, 6.07) is 4.75. The molecule has 0 saturated heterocycles. The van der Waals surface area contributed by atoms with Gasteiger partial charge in [-0.2, -0.15) is 0 Å². The summed E-state index contributed by atoms with van der Waals surface area (Å²) in [5, 5.41) is 10.8. The number of rotatable bonds is 8. The molecule has 25 heavy (non-hydrogen) atoms. The molecule has 0 spiro atoms. The Labute approximate surface area is 145 Å². The minimum atomic E-state index is -0.974. The van der Waals surface area contributed by atoms with E-state index in [1.165, 1.54) is 0 Å². The van der Waals surface area contributed by atoms with E-state index in [-0.39, 0.29) is 29.0 Å². The molecule has 2 N–H and O–H groups in total. The van der Waals surface area contributed by atoms with Gasteiger partial charge in [-0.15, -0.1) is 0 Å². The van der Waals surface area contributed by atoms with Crippen LogP contribution >= 0.6 is 0 Å². The van der Waals surface area contributed by atoms with Gasteiger partial charge >= 0.3 is 6.16 Å². The Morgan fingerprint density at radius 2 is 1.84 bits per heavy atom. The summed E-state index contributed by atoms with van der Waals surface area (Å²) in [5.74, 6) is -0.126. The third-order valence-electron chi connectivity index (χ3n) is 3.60. The SMILES string of the molecule is CCCCOC(=O)Oc1[nH]c(=O)c2cc(OCCCC)ccc2c1O. The molecular weight excluding hydrogens is 326 g/mol. The van der Waals surface area contributed by atoms with Crippen LogP contribution in [0.3, 0.4) is 0 Å². The van der Waals surface area contributed by atoms with E-state index >= 15 is 0 Å². The lowest BCUT2D eigenvalue weighted by Gasteiger charge is -2.10. The van der Waals surface area contributed by atoms with Crippen molar-refractivity contribution in [2.24, 2.45) is 0 Å². The van der Waals surface area contributed by atoms with Crippen LogP contribution in [0.5, 0.6) is 17.4 Å². The van der Waals surface area contributed by atoms with E-state index in [9.17, 15) is 14.7 Å². The van der Waals surface area contributed by atoms with Crippen LogP contribution in [0, 0.1) is 0 Å². The van der Waals surface area contributed by atoms with Gasteiger partial charge in [-0.25, -0.2) is 4.79 Å². The van der Waals surface area contributed by atoms with Crippen LogP contribution in [0.1, 0.15) is 39.5 Å². The number of hydrogen-bond donors (Lipinski definition) is 2. The van der Waals surface area contributed by atoms with Crippen molar-refractivity contribution in [1.82, 2.24) is 4.98 Å². The molecule has 0 radical (unpaired) electrons. The number of unbranched alkanes of at least 4 members (excludes halogenated alkanes) is 2. The molecule has 1 aromatic carbocycles. The predicted octanol–water partition coefficient (Wildman–Crippen LogP) is 3.73. The second-order valence-corrected chi connectivity index (χ2v) is 5.60. The number of carbonyl (C=O) groups excluding carboxylic acids is 1. The quantitative estimate of drug-likeness (QED) is 0.557. The third kappa shape index (κ3) is 4.89. The van der Waals surface area contributed by atoms with Crippen molar-refractivity contribution >= 4 is 16.9 Å². The van der Waals surface area contributed by atoms with Crippen LogP contribution < -0.4 is 15.0 Å². The summed E-state index contributed by atoms with van der Waals surface area (Å²) in [4.78, 5) is 26.2. The predicted molar refractivity (Wildman–Crippen MR) is 93.5 cm³/mol. The molecule has 2 aromatic rings. The molecular formula is C18H23NO6. The van der Waals surface area contributed by atoms with Gasteiger partial charge in [-0.05, 0) is 31.0 Å². The summed E-state index contributed by atoms with van der Waals surface area (Å²) in [6.45, 7) is 4.78. The van der Waals surface area contributed by atoms with Crippen LogP contribution in [0.25, 0.3) is 10.8 Å². The first-order valence-corrected chi connectivity index (χ1v) is 8.43. The van der Waals surface area contributed by atoms with Gasteiger partial charge in [0, 0.05) is 5.39 Å². The number of pyridine rings is 1. The van der Waals surface area contributed by atoms with E-state index in [4.69, 9.17) is 14.2 Å². The van der Waals surface area contributed by atoms with Gasteiger partial charge in [-0.1, -0.05) is 26.7 Å². The summed E-state index contributed by atoms with van der Waals surface area (Å²) in [6.07, 6.45) is 2.51. The summed E-state index contributed by atoms with van der Waals surface area (Å²) >= 11 is 0. The fourth-order valence-electron chi connectivity index (χ4n) is 2.18. The van der Waals surface area contributed by atoms with Gasteiger partial charge in [0.1, 0.15) is 5.75 Å². The topological polar surface area (TPSA) is 97.9 Å². The first kappa shape index (κ1) is 18.6. The number of carbonyl (C=O) groups is 1. The Bertz CT molecular complexity index is 783. The molecule has 0 unspecified atom stereocenters. The van der Waals surface area contributed by atoms with Gasteiger partial charge in [0.05, 0.1) is 18.6 Å². The molecule has 0 aliphatic carbocycles. The number of hydrogen-bond acceptors (Lipinski definition) is 6. The Balaban J connectivity index is 2.21. The lowest BCUT2D eigenvalue weighted by Crippen LogP contribution is -2.15. The highest BCUT2D eigenvalue weighted by Crippen LogP contribution is 2.32. The highest BCUT2D eigenvalue weighted by Gasteiger charge is 2.16. The number of nitrogens with one attached hydrogen (secondary N) is 1. The largest absolute Gasteiger partial charge is 0.515 e. The lowest BCUT2D eigenvalue weighted by atomic mass is 10.1. The van der Waals surface area contributed by atoms with Crippen molar-refractivity contribution in [1.29, 1.82) is 0 Å². The van der Waals surface area contributed by atoms with Gasteiger partial charge in [0.2, 0.25) is 5.88 Å². The first-order chi connectivity index (χ1) is 12.1. The zero-order valence-corrected chi connectivity index (χ0v) is 14.5. The van der Waals surface area contributed by atoms with E-state index in [0.717, 1.165) is 19.3 Å². The number of aromatic amines is 1. The van der Waals surface area contributed by atoms with Gasteiger partial charge < -0.3 is 19.3 Å². The molecule has 0 aliphatic rings. The maximum atomic E-state index is 12.2. The standard InChI is InChI=1S/C18H23NO6/c1-3-5-9-23-12-7-8-13-14(11-12)16(21)19-17(15(13)20)25-18(22)24-10-6-4-2/h7-8,11,20H,3-6,9-10H2,1-2H3,(H,19,21). The van der Waals surface area contributed by atoms with E-state index in [1.807, 2.05) is 6.92 Å². The van der Waals surface area contributed by atoms with E-state index in [2.05, 4.69) is 11.9 Å². The first-order valence-electron chi connectivity index (χ1n) is 8.43. The third-order valence-corrected chi connectivity index (χ3v) is 3.60. The van der Waals surface area contributed by atoms with Gasteiger partial charge in [0.15, 0.2) is 5.75 Å². The molecule has 0 bridgehead atoms.